The molecule has 1 aliphatic rings. The molecule has 0 radical (unpaired) electrons. The number of carboxylic acid groups (broad SMARTS) is 1. The molecule has 0 aromatic heterocycles. The van der Waals surface area contributed by atoms with Gasteiger partial charge in [0, 0.05) is 6.04 Å². The highest BCUT2D eigenvalue weighted by molar-refractivity contribution is 5.69. The van der Waals surface area contributed by atoms with Crippen molar-refractivity contribution in [3.05, 3.63) is 11.6 Å². The van der Waals surface area contributed by atoms with E-state index in [-0.39, 0.29) is 6.42 Å². The number of allylic oxidation sites excluding steroid dienone is 1. The molecule has 1 saturated carbocycles. The Morgan fingerprint density at radius 2 is 2.29 bits per heavy atom. The van der Waals surface area contributed by atoms with Crippen LogP contribution in [0.4, 0.5) is 0 Å². The van der Waals surface area contributed by atoms with Gasteiger partial charge in [-0.1, -0.05) is 18.1 Å². The summed E-state index contributed by atoms with van der Waals surface area (Å²) < 4.78 is 0. The van der Waals surface area contributed by atoms with Gasteiger partial charge in [0.25, 0.3) is 0 Å². The van der Waals surface area contributed by atoms with Crippen molar-refractivity contribution in [2.24, 2.45) is 11.7 Å². The van der Waals surface area contributed by atoms with Crippen LogP contribution in [0.3, 0.4) is 0 Å². The molecule has 0 spiro atoms. The molecule has 0 saturated heterocycles. The van der Waals surface area contributed by atoms with Gasteiger partial charge in [0.1, 0.15) is 0 Å². The van der Waals surface area contributed by atoms with Crippen molar-refractivity contribution >= 4 is 5.97 Å². The van der Waals surface area contributed by atoms with E-state index in [2.05, 4.69) is 6.08 Å². The van der Waals surface area contributed by atoms with Gasteiger partial charge in [-0.2, -0.15) is 0 Å². The lowest BCUT2D eigenvalue weighted by Gasteiger charge is -2.24. The zero-order valence-corrected chi connectivity index (χ0v) is 8.70. The summed E-state index contributed by atoms with van der Waals surface area (Å²) in [7, 11) is 0. The van der Waals surface area contributed by atoms with E-state index in [0.29, 0.717) is 12.0 Å². The van der Waals surface area contributed by atoms with Crippen LogP contribution in [0.5, 0.6) is 0 Å². The predicted octanol–water partition coefficient (Wildman–Crippen LogP) is 1.92. The minimum Gasteiger partial charge on any atom is -0.481 e. The second-order valence-electron chi connectivity index (χ2n) is 4.27. The fraction of sp³-hybridized carbons (Fsp3) is 0.727. The first-order chi connectivity index (χ1) is 6.58. The van der Waals surface area contributed by atoms with Crippen LogP contribution in [0, 0.1) is 5.92 Å². The lowest BCUT2D eigenvalue weighted by molar-refractivity contribution is -0.136. The van der Waals surface area contributed by atoms with Crippen LogP contribution in [0.25, 0.3) is 0 Å². The van der Waals surface area contributed by atoms with E-state index in [4.69, 9.17) is 10.8 Å². The maximum Gasteiger partial charge on any atom is 0.307 e. The van der Waals surface area contributed by atoms with Crippen LogP contribution < -0.4 is 5.73 Å². The van der Waals surface area contributed by atoms with Crippen LogP contribution >= 0.6 is 0 Å². The fourth-order valence-electron chi connectivity index (χ4n) is 2.12. The summed E-state index contributed by atoms with van der Waals surface area (Å²) in [5, 5.41) is 8.60. The Kier molecular flexibility index (Phi) is 4.14. The SMILES string of the molecule is C/C(=C\C1CCCC(N)C1)CC(=O)O. The minimum absolute atomic E-state index is 0.158. The molecule has 3 N–H and O–H groups in total. The molecule has 0 aromatic carbocycles. The highest BCUT2D eigenvalue weighted by atomic mass is 16.4. The van der Waals surface area contributed by atoms with E-state index in [1.807, 2.05) is 6.92 Å². The first-order valence-electron chi connectivity index (χ1n) is 5.22. The largest absolute Gasteiger partial charge is 0.481 e. The van der Waals surface area contributed by atoms with E-state index in [9.17, 15) is 4.79 Å². The van der Waals surface area contributed by atoms with Crippen molar-refractivity contribution in [2.75, 3.05) is 0 Å². The summed E-state index contributed by atoms with van der Waals surface area (Å²) in [5.41, 5.74) is 6.81. The predicted molar refractivity (Wildman–Crippen MR) is 55.9 cm³/mol. The maximum absolute atomic E-state index is 10.5. The third kappa shape index (κ3) is 3.92. The van der Waals surface area contributed by atoms with Crippen LogP contribution in [0.1, 0.15) is 39.0 Å². The second kappa shape index (κ2) is 5.15. The van der Waals surface area contributed by atoms with Crippen molar-refractivity contribution in [1.82, 2.24) is 0 Å². The Morgan fingerprint density at radius 1 is 1.57 bits per heavy atom. The molecule has 1 fully saturated rings. The van der Waals surface area contributed by atoms with Crippen molar-refractivity contribution in [1.29, 1.82) is 0 Å². The van der Waals surface area contributed by atoms with E-state index < -0.39 is 5.97 Å². The first kappa shape index (κ1) is 11.2. The minimum atomic E-state index is -0.751. The quantitative estimate of drug-likeness (QED) is 0.679. The second-order valence-corrected chi connectivity index (χ2v) is 4.27. The Bertz CT molecular complexity index is 235. The van der Waals surface area contributed by atoms with Crippen LogP contribution in [-0.2, 0) is 4.79 Å². The number of hydrogen-bond donors (Lipinski definition) is 2. The highest BCUT2D eigenvalue weighted by Crippen LogP contribution is 2.25. The average Bonchev–Trinajstić information content (AvgIpc) is 2.01. The molecule has 0 bridgehead atoms. The molecule has 1 rings (SSSR count). The van der Waals surface area contributed by atoms with Gasteiger partial charge in [0.2, 0.25) is 0 Å². The summed E-state index contributed by atoms with van der Waals surface area (Å²) in [6, 6.07) is 0.308. The molecule has 80 valence electrons. The monoisotopic (exact) mass is 197 g/mol. The molecule has 0 amide bonds. The van der Waals surface area contributed by atoms with Gasteiger partial charge < -0.3 is 10.8 Å². The van der Waals surface area contributed by atoms with Gasteiger partial charge in [-0.3, -0.25) is 4.79 Å². The number of hydrogen-bond acceptors (Lipinski definition) is 2. The van der Waals surface area contributed by atoms with Crippen molar-refractivity contribution in [3.63, 3.8) is 0 Å². The smallest absolute Gasteiger partial charge is 0.307 e. The Morgan fingerprint density at radius 3 is 2.86 bits per heavy atom. The van der Waals surface area contributed by atoms with Crippen molar-refractivity contribution < 1.29 is 9.90 Å². The standard InChI is InChI=1S/C11H19NO2/c1-8(6-11(13)14)5-9-3-2-4-10(12)7-9/h5,9-10H,2-4,6-7,12H2,1H3,(H,13,14)/b8-5+. The molecule has 1 aliphatic carbocycles. The zero-order chi connectivity index (χ0) is 10.6. The van der Waals surface area contributed by atoms with E-state index in [1.54, 1.807) is 0 Å². The van der Waals surface area contributed by atoms with E-state index in [0.717, 1.165) is 24.8 Å². The van der Waals surface area contributed by atoms with Crippen LogP contribution in [0.15, 0.2) is 11.6 Å². The van der Waals surface area contributed by atoms with E-state index in [1.165, 1.54) is 6.42 Å². The molecule has 0 heterocycles. The molecule has 2 atom stereocenters. The average molecular weight is 197 g/mol. The van der Waals surface area contributed by atoms with E-state index >= 15 is 0 Å². The summed E-state index contributed by atoms with van der Waals surface area (Å²) >= 11 is 0. The van der Waals surface area contributed by atoms with Gasteiger partial charge >= 0.3 is 5.97 Å². The number of carbonyl (C=O) groups is 1. The molecule has 2 unspecified atom stereocenters. The Hall–Kier alpha value is -0.830. The fourth-order valence-corrected chi connectivity index (χ4v) is 2.12. The summed E-state index contributed by atoms with van der Waals surface area (Å²) in [5.74, 6) is -0.253. The normalized spacial score (nSPS) is 28.9. The number of carboxylic acids is 1. The highest BCUT2D eigenvalue weighted by Gasteiger charge is 2.17. The number of nitrogens with two attached hydrogens (primary N) is 1. The van der Waals surface area contributed by atoms with Crippen molar-refractivity contribution in [2.45, 2.75) is 45.1 Å². The summed E-state index contributed by atoms with van der Waals surface area (Å²) in [4.78, 5) is 10.5. The molecule has 3 nitrogen and oxygen atoms in total. The lowest BCUT2D eigenvalue weighted by Crippen LogP contribution is -2.27. The van der Waals surface area contributed by atoms with Gasteiger partial charge in [-0.05, 0) is 32.1 Å². The van der Waals surface area contributed by atoms with Gasteiger partial charge in [0.05, 0.1) is 6.42 Å². The number of rotatable bonds is 3. The molecular formula is C11H19NO2. The van der Waals surface area contributed by atoms with Gasteiger partial charge in [-0.25, -0.2) is 0 Å². The lowest BCUT2D eigenvalue weighted by atomic mass is 9.85. The third-order valence-corrected chi connectivity index (χ3v) is 2.71. The van der Waals surface area contributed by atoms with Crippen molar-refractivity contribution in [3.8, 4) is 0 Å². The number of aliphatic carboxylic acids is 1. The molecular weight excluding hydrogens is 178 g/mol. The molecule has 0 aromatic rings. The summed E-state index contributed by atoms with van der Waals surface area (Å²) in [6.45, 7) is 1.88. The van der Waals surface area contributed by atoms with Crippen LogP contribution in [-0.4, -0.2) is 17.1 Å². The molecule has 3 heteroatoms. The first-order valence-corrected chi connectivity index (χ1v) is 5.22. The topological polar surface area (TPSA) is 63.3 Å². The maximum atomic E-state index is 10.5. The van der Waals surface area contributed by atoms with Gasteiger partial charge in [-0.15, -0.1) is 0 Å². The summed E-state index contributed by atoms with van der Waals surface area (Å²) in [6.07, 6.45) is 6.70. The Labute approximate surface area is 85.0 Å². The molecule has 14 heavy (non-hydrogen) atoms. The third-order valence-electron chi connectivity index (χ3n) is 2.71. The zero-order valence-electron chi connectivity index (χ0n) is 8.70. The Balaban J connectivity index is 2.44. The van der Waals surface area contributed by atoms with Gasteiger partial charge in [0.15, 0.2) is 0 Å². The molecule has 0 aliphatic heterocycles. The van der Waals surface area contributed by atoms with Crippen LogP contribution in [0.2, 0.25) is 0 Å².